The maximum Gasteiger partial charge on any atom is 0.390 e. The van der Waals surface area contributed by atoms with E-state index in [-0.39, 0.29) is 8.95 Å². The van der Waals surface area contributed by atoms with Gasteiger partial charge in [-0.05, 0) is 35.4 Å². The van der Waals surface area contributed by atoms with E-state index in [0.29, 0.717) is 21.8 Å². The molecule has 3 nitrogen and oxygen atoms in total. The Morgan fingerprint density at radius 3 is 1.43 bits per heavy atom. The van der Waals surface area contributed by atoms with Crippen molar-refractivity contribution in [1.29, 1.82) is 0 Å². The number of hydrogen-bond donors (Lipinski definition) is 0. The zero-order valence-electron chi connectivity index (χ0n) is 13.6. The molecule has 0 amide bonds. The molecule has 0 fully saturated rings. The van der Waals surface area contributed by atoms with Crippen molar-refractivity contribution in [2.24, 2.45) is 0 Å². The zero-order valence-corrected chi connectivity index (χ0v) is 21.0. The lowest BCUT2D eigenvalue weighted by molar-refractivity contribution is -0.221. The van der Waals surface area contributed by atoms with Gasteiger partial charge in [-0.2, -0.15) is 17.6 Å². The topological polar surface area (TPSA) is 35.5 Å². The molecule has 0 radical (unpaired) electrons. The Labute approximate surface area is 192 Å². The van der Waals surface area contributed by atoms with Gasteiger partial charge in [0.2, 0.25) is 0 Å². The van der Waals surface area contributed by atoms with Gasteiger partial charge in [0, 0.05) is 19.6 Å². The Morgan fingerprint density at radius 2 is 1.14 bits per heavy atom. The van der Waals surface area contributed by atoms with E-state index in [4.69, 9.17) is 0 Å². The van der Waals surface area contributed by atoms with E-state index in [1.54, 1.807) is 0 Å². The minimum Gasteiger partial charge on any atom is -0.263 e. The average Bonchev–Trinajstić information content (AvgIpc) is 2.59. The lowest BCUT2D eigenvalue weighted by Crippen LogP contribution is -2.19. The van der Waals surface area contributed by atoms with Crippen molar-refractivity contribution >= 4 is 72.0 Å². The van der Waals surface area contributed by atoms with Crippen LogP contribution in [-0.4, -0.2) is 0 Å². The van der Waals surface area contributed by atoms with E-state index in [1.165, 1.54) is 24.3 Å². The fourth-order valence-electron chi connectivity index (χ4n) is 2.10. The summed E-state index contributed by atoms with van der Waals surface area (Å²) in [4.78, 5) is 0. The monoisotopic (exact) mass is 674 g/mol. The molecule has 0 aliphatic rings. The molecular formula is C16H11Br4F4O3P. The molecule has 2 aromatic carbocycles. The number of alkyl halides is 6. The first-order valence-corrected chi connectivity index (χ1v) is 12.4. The van der Waals surface area contributed by atoms with Gasteiger partial charge in [0.05, 0.1) is 11.1 Å². The van der Waals surface area contributed by atoms with Gasteiger partial charge in [0.15, 0.2) is 0 Å². The molecule has 154 valence electrons. The van der Waals surface area contributed by atoms with Crippen LogP contribution in [0.4, 0.5) is 17.6 Å². The molecule has 0 unspecified atom stereocenters. The predicted octanol–water partition coefficient (Wildman–Crippen LogP) is 8.22. The summed E-state index contributed by atoms with van der Waals surface area (Å²) in [5, 5.41) is 0.847. The standard InChI is InChI=1S/C16H11Br4F4O3P/c17-7-9-1-3-11(13(19)5-9)15(21,22)26-28(25)27-16(23,24)12-4-2-10(8-18)6-14(12)20/h1-6,28H,7-8H2. The highest BCUT2D eigenvalue weighted by Gasteiger charge is 2.43. The summed E-state index contributed by atoms with van der Waals surface area (Å²) in [5.41, 5.74) is 0.0629. The van der Waals surface area contributed by atoms with Crippen LogP contribution in [0.5, 0.6) is 0 Å². The second-order valence-electron chi connectivity index (χ2n) is 5.38. The SMILES string of the molecule is O=[PH](OC(F)(F)c1ccc(CBr)cc1Br)OC(F)(F)c1ccc(CBr)cc1Br. The summed E-state index contributed by atoms with van der Waals surface area (Å²) in [7, 11) is -4.27. The molecule has 0 heterocycles. The molecule has 0 saturated heterocycles. The van der Waals surface area contributed by atoms with Crippen LogP contribution in [0.25, 0.3) is 0 Å². The number of halogens is 8. The fraction of sp³-hybridized carbons (Fsp3) is 0.250. The third-order valence-corrected chi connectivity index (χ3v) is 6.88. The molecule has 0 aliphatic heterocycles. The molecular weight excluding hydrogens is 667 g/mol. The minimum atomic E-state index is -4.27. The van der Waals surface area contributed by atoms with Crippen LogP contribution < -0.4 is 0 Å². The molecule has 0 saturated carbocycles. The Balaban J connectivity index is 2.17. The van der Waals surface area contributed by atoms with Gasteiger partial charge in [0.1, 0.15) is 0 Å². The predicted molar refractivity (Wildman–Crippen MR) is 113 cm³/mol. The Kier molecular flexibility index (Phi) is 8.77. The molecule has 28 heavy (non-hydrogen) atoms. The van der Waals surface area contributed by atoms with Crippen molar-refractivity contribution in [3.63, 3.8) is 0 Å². The van der Waals surface area contributed by atoms with Crippen LogP contribution in [0.15, 0.2) is 45.3 Å². The van der Waals surface area contributed by atoms with Gasteiger partial charge in [0.25, 0.3) is 0 Å². The number of benzene rings is 2. The molecule has 2 rings (SSSR count). The lowest BCUT2D eigenvalue weighted by atomic mass is 10.1. The van der Waals surface area contributed by atoms with Gasteiger partial charge >= 0.3 is 20.5 Å². The summed E-state index contributed by atoms with van der Waals surface area (Å²) in [5.74, 6) is 0. The van der Waals surface area contributed by atoms with E-state index < -0.39 is 31.6 Å². The van der Waals surface area contributed by atoms with Gasteiger partial charge in [-0.3, -0.25) is 4.57 Å². The van der Waals surface area contributed by atoms with E-state index in [2.05, 4.69) is 72.8 Å². The second-order valence-corrected chi connectivity index (χ2v) is 9.12. The molecule has 0 bridgehead atoms. The molecule has 2 aromatic rings. The highest BCUT2D eigenvalue weighted by Crippen LogP contribution is 2.48. The first-order chi connectivity index (χ1) is 13.0. The van der Waals surface area contributed by atoms with Gasteiger partial charge < -0.3 is 0 Å². The van der Waals surface area contributed by atoms with E-state index in [0.717, 1.165) is 12.1 Å². The van der Waals surface area contributed by atoms with Gasteiger partial charge in [-0.25, -0.2) is 9.05 Å². The molecule has 0 spiro atoms. The smallest absolute Gasteiger partial charge is 0.263 e. The summed E-state index contributed by atoms with van der Waals surface area (Å²) in [6.45, 7) is 0. The third-order valence-electron chi connectivity index (χ3n) is 3.43. The second kappa shape index (κ2) is 10.0. The van der Waals surface area contributed by atoms with Crippen LogP contribution in [0.3, 0.4) is 0 Å². The van der Waals surface area contributed by atoms with E-state index in [9.17, 15) is 22.1 Å². The van der Waals surface area contributed by atoms with Crippen LogP contribution in [0, 0.1) is 0 Å². The highest BCUT2D eigenvalue weighted by molar-refractivity contribution is 9.11. The minimum absolute atomic E-state index is 0.0240. The van der Waals surface area contributed by atoms with E-state index in [1.807, 2.05) is 0 Å². The number of hydrogen-bond acceptors (Lipinski definition) is 3. The Hall–Kier alpha value is 0.230. The van der Waals surface area contributed by atoms with Gasteiger partial charge in [-0.15, -0.1) is 0 Å². The molecule has 0 aliphatic carbocycles. The van der Waals surface area contributed by atoms with E-state index >= 15 is 0 Å². The van der Waals surface area contributed by atoms with Crippen molar-refractivity contribution in [2.45, 2.75) is 22.9 Å². The fourth-order valence-corrected chi connectivity index (χ4v) is 4.79. The van der Waals surface area contributed by atoms with Crippen LogP contribution in [0.1, 0.15) is 22.3 Å². The first kappa shape index (κ1) is 24.5. The van der Waals surface area contributed by atoms with Crippen LogP contribution in [-0.2, 0) is 36.5 Å². The molecule has 0 atom stereocenters. The van der Waals surface area contributed by atoms with Crippen LogP contribution in [0.2, 0.25) is 0 Å². The van der Waals surface area contributed by atoms with Crippen molar-refractivity contribution < 1.29 is 31.2 Å². The largest absolute Gasteiger partial charge is 0.390 e. The van der Waals surface area contributed by atoms with Crippen molar-refractivity contribution in [3.05, 3.63) is 67.6 Å². The summed E-state index contributed by atoms with van der Waals surface area (Å²) >= 11 is 12.3. The normalized spacial score (nSPS) is 12.6. The third kappa shape index (κ3) is 6.12. The van der Waals surface area contributed by atoms with Gasteiger partial charge in [-0.1, -0.05) is 75.9 Å². The Morgan fingerprint density at radius 1 is 0.786 bits per heavy atom. The Bertz CT molecular complexity index is 813. The maximum absolute atomic E-state index is 14.3. The van der Waals surface area contributed by atoms with Crippen molar-refractivity contribution in [2.75, 3.05) is 0 Å². The molecule has 0 N–H and O–H groups in total. The number of rotatable bonds is 8. The highest BCUT2D eigenvalue weighted by atomic mass is 79.9. The first-order valence-electron chi connectivity index (χ1n) is 7.37. The molecule has 0 aromatic heterocycles. The maximum atomic E-state index is 14.3. The molecule has 12 heteroatoms. The quantitative estimate of drug-likeness (QED) is 0.161. The average molecular weight is 678 g/mol. The summed E-state index contributed by atoms with van der Waals surface area (Å²) in [6.07, 6.45) is -8.21. The van der Waals surface area contributed by atoms with Crippen molar-refractivity contribution in [1.82, 2.24) is 0 Å². The summed E-state index contributed by atoms with van der Waals surface area (Å²) < 4.78 is 77.0. The summed E-state index contributed by atoms with van der Waals surface area (Å²) in [6, 6.07) is 7.67. The van der Waals surface area contributed by atoms with Crippen LogP contribution >= 0.6 is 72.0 Å². The zero-order chi connectivity index (χ0) is 21.1. The lowest BCUT2D eigenvalue weighted by Gasteiger charge is -2.22. The van der Waals surface area contributed by atoms with Crippen molar-refractivity contribution in [3.8, 4) is 0 Å².